The van der Waals surface area contributed by atoms with Crippen LogP contribution in [0.1, 0.15) is 30.4 Å². The fraction of sp³-hybridized carbons (Fsp3) is 0.400. The monoisotopic (exact) mass is 468 g/mol. The molecule has 34 heavy (non-hydrogen) atoms. The van der Waals surface area contributed by atoms with Crippen molar-refractivity contribution in [1.82, 2.24) is 10.6 Å². The van der Waals surface area contributed by atoms with Crippen molar-refractivity contribution in [2.24, 2.45) is 0 Å². The molecule has 0 saturated carbocycles. The number of benzene rings is 2. The second-order valence-electron chi connectivity index (χ2n) is 8.42. The number of fused-ring (bicyclic) bond motifs is 3. The molecule has 0 aromatic heterocycles. The molecule has 2 aromatic carbocycles. The standard InChI is InChI=1S/C25H28N2O7/c1-14(32-2)21(24(29)30)27-23(28)22-20(11-12-33-22)26-25(31)34-13-19-17-9-5-3-7-15(17)16-8-4-6-10-18(16)19/h3-10,14,19-22H,11-13H2,1-2H3,(H,26,31)(H,27,28)(H,29,30)/t14?,20-,21?,22+/m0/s1. The van der Waals surface area contributed by atoms with E-state index in [1.807, 2.05) is 36.4 Å². The first kappa shape index (κ1) is 23.7. The van der Waals surface area contributed by atoms with Gasteiger partial charge in [-0.1, -0.05) is 48.5 Å². The van der Waals surface area contributed by atoms with E-state index in [0.29, 0.717) is 6.42 Å². The maximum atomic E-state index is 12.7. The molecule has 3 N–H and O–H groups in total. The van der Waals surface area contributed by atoms with Gasteiger partial charge in [-0.25, -0.2) is 9.59 Å². The number of methoxy groups -OCH3 is 1. The van der Waals surface area contributed by atoms with Gasteiger partial charge in [-0.05, 0) is 35.6 Å². The molecule has 0 bridgehead atoms. The predicted molar refractivity (Wildman–Crippen MR) is 122 cm³/mol. The van der Waals surface area contributed by atoms with Crippen LogP contribution in [0.5, 0.6) is 0 Å². The molecule has 1 aliphatic carbocycles. The van der Waals surface area contributed by atoms with E-state index >= 15 is 0 Å². The van der Waals surface area contributed by atoms with Crippen LogP contribution in [0.4, 0.5) is 4.79 Å². The Kier molecular flexibility index (Phi) is 7.14. The van der Waals surface area contributed by atoms with Gasteiger partial charge in [-0.2, -0.15) is 0 Å². The van der Waals surface area contributed by atoms with Crippen LogP contribution < -0.4 is 10.6 Å². The maximum absolute atomic E-state index is 12.7. The van der Waals surface area contributed by atoms with Crippen molar-refractivity contribution >= 4 is 18.0 Å². The zero-order chi connectivity index (χ0) is 24.2. The van der Waals surface area contributed by atoms with Gasteiger partial charge < -0.3 is 30.0 Å². The number of amides is 2. The van der Waals surface area contributed by atoms with Crippen molar-refractivity contribution in [3.8, 4) is 11.1 Å². The first-order chi connectivity index (χ1) is 16.4. The van der Waals surface area contributed by atoms with Gasteiger partial charge in [-0.3, -0.25) is 4.79 Å². The lowest BCUT2D eigenvalue weighted by atomic mass is 9.98. The van der Waals surface area contributed by atoms with Gasteiger partial charge in [0, 0.05) is 19.6 Å². The number of alkyl carbamates (subject to hydrolysis) is 1. The van der Waals surface area contributed by atoms with Crippen molar-refractivity contribution in [1.29, 1.82) is 0 Å². The molecule has 9 heteroatoms. The minimum absolute atomic E-state index is 0.0797. The zero-order valence-electron chi connectivity index (χ0n) is 19.0. The van der Waals surface area contributed by atoms with Crippen LogP contribution in [0.2, 0.25) is 0 Å². The second-order valence-corrected chi connectivity index (χ2v) is 8.42. The van der Waals surface area contributed by atoms with Gasteiger partial charge >= 0.3 is 12.1 Å². The molecule has 1 fully saturated rings. The van der Waals surface area contributed by atoms with Crippen molar-refractivity contribution < 1.29 is 33.7 Å². The summed E-state index contributed by atoms with van der Waals surface area (Å²) in [7, 11) is 1.36. The Morgan fingerprint density at radius 1 is 1.09 bits per heavy atom. The topological polar surface area (TPSA) is 123 Å². The van der Waals surface area contributed by atoms with Crippen LogP contribution in [0.25, 0.3) is 11.1 Å². The van der Waals surface area contributed by atoms with E-state index in [-0.39, 0.29) is 19.1 Å². The lowest BCUT2D eigenvalue weighted by Crippen LogP contribution is -2.55. The molecule has 0 radical (unpaired) electrons. The Bertz CT molecular complexity index is 1030. The Hall–Kier alpha value is -3.43. The third kappa shape index (κ3) is 4.76. The Labute approximate surface area is 197 Å². The first-order valence-corrected chi connectivity index (χ1v) is 11.2. The highest BCUT2D eigenvalue weighted by atomic mass is 16.6. The highest BCUT2D eigenvalue weighted by Crippen LogP contribution is 2.44. The molecule has 4 atom stereocenters. The Balaban J connectivity index is 1.37. The molecule has 1 heterocycles. The molecule has 1 saturated heterocycles. The summed E-state index contributed by atoms with van der Waals surface area (Å²) in [5.41, 5.74) is 4.47. The summed E-state index contributed by atoms with van der Waals surface area (Å²) in [4.78, 5) is 36.7. The molecule has 2 aromatic rings. The average molecular weight is 469 g/mol. The summed E-state index contributed by atoms with van der Waals surface area (Å²) in [6, 6.07) is 14.2. The number of hydrogen-bond acceptors (Lipinski definition) is 6. The first-order valence-electron chi connectivity index (χ1n) is 11.2. The van der Waals surface area contributed by atoms with Crippen molar-refractivity contribution in [2.75, 3.05) is 20.3 Å². The smallest absolute Gasteiger partial charge is 0.407 e. The van der Waals surface area contributed by atoms with Gasteiger partial charge in [0.1, 0.15) is 6.61 Å². The van der Waals surface area contributed by atoms with Crippen LogP contribution in [0.3, 0.4) is 0 Å². The molecule has 180 valence electrons. The molecular weight excluding hydrogens is 440 g/mol. The predicted octanol–water partition coefficient (Wildman–Crippen LogP) is 2.29. The minimum Gasteiger partial charge on any atom is -0.480 e. The van der Waals surface area contributed by atoms with Crippen LogP contribution in [-0.4, -0.2) is 67.7 Å². The number of hydrogen-bond donors (Lipinski definition) is 3. The van der Waals surface area contributed by atoms with Gasteiger partial charge in [-0.15, -0.1) is 0 Å². The summed E-state index contributed by atoms with van der Waals surface area (Å²) in [6.45, 7) is 1.95. The fourth-order valence-electron chi connectivity index (χ4n) is 4.54. The number of aliphatic carboxylic acids is 1. The van der Waals surface area contributed by atoms with E-state index in [9.17, 15) is 19.5 Å². The van der Waals surface area contributed by atoms with Gasteiger partial charge in [0.25, 0.3) is 5.91 Å². The van der Waals surface area contributed by atoms with Crippen molar-refractivity contribution in [2.45, 2.75) is 43.6 Å². The largest absolute Gasteiger partial charge is 0.480 e. The molecule has 0 spiro atoms. The molecule has 1 aliphatic heterocycles. The zero-order valence-corrected chi connectivity index (χ0v) is 19.0. The third-order valence-electron chi connectivity index (χ3n) is 6.40. The summed E-state index contributed by atoms with van der Waals surface area (Å²) in [6.07, 6.45) is -2.02. The molecule has 2 unspecified atom stereocenters. The molecule has 4 rings (SSSR count). The Morgan fingerprint density at radius 3 is 2.29 bits per heavy atom. The highest BCUT2D eigenvalue weighted by molar-refractivity contribution is 5.88. The third-order valence-corrected chi connectivity index (χ3v) is 6.40. The molecular formula is C25H28N2O7. The number of ether oxygens (including phenoxy) is 3. The normalized spacial score (nSPS) is 20.6. The summed E-state index contributed by atoms with van der Waals surface area (Å²) in [5, 5.41) is 14.5. The quantitative estimate of drug-likeness (QED) is 0.543. The van der Waals surface area contributed by atoms with Gasteiger partial charge in [0.2, 0.25) is 0 Å². The summed E-state index contributed by atoms with van der Waals surface area (Å²) >= 11 is 0. The van der Waals surface area contributed by atoms with E-state index in [2.05, 4.69) is 22.8 Å². The molecule has 9 nitrogen and oxygen atoms in total. The van der Waals surface area contributed by atoms with E-state index in [4.69, 9.17) is 14.2 Å². The number of rotatable bonds is 8. The number of carbonyl (C=O) groups is 3. The average Bonchev–Trinajstić information content (AvgIpc) is 3.43. The number of carboxylic acid groups (broad SMARTS) is 1. The number of carbonyl (C=O) groups excluding carboxylic acids is 2. The van der Waals surface area contributed by atoms with E-state index in [0.717, 1.165) is 22.3 Å². The number of nitrogens with one attached hydrogen (secondary N) is 2. The van der Waals surface area contributed by atoms with Crippen LogP contribution in [0, 0.1) is 0 Å². The van der Waals surface area contributed by atoms with Crippen molar-refractivity contribution in [3.63, 3.8) is 0 Å². The van der Waals surface area contributed by atoms with Gasteiger partial charge in [0.05, 0.1) is 12.1 Å². The van der Waals surface area contributed by atoms with E-state index in [1.54, 1.807) is 6.92 Å². The minimum atomic E-state index is -1.24. The Morgan fingerprint density at radius 2 is 1.71 bits per heavy atom. The summed E-state index contributed by atoms with van der Waals surface area (Å²) in [5.74, 6) is -1.93. The van der Waals surface area contributed by atoms with Gasteiger partial charge in [0.15, 0.2) is 12.1 Å². The van der Waals surface area contributed by atoms with Crippen LogP contribution >= 0.6 is 0 Å². The lowest BCUT2D eigenvalue weighted by Gasteiger charge is -2.24. The highest BCUT2D eigenvalue weighted by Gasteiger charge is 2.39. The van der Waals surface area contributed by atoms with E-state index < -0.39 is 42.3 Å². The second kappa shape index (κ2) is 10.2. The van der Waals surface area contributed by atoms with E-state index in [1.165, 1.54) is 7.11 Å². The summed E-state index contributed by atoms with van der Waals surface area (Å²) < 4.78 is 16.1. The molecule has 2 aliphatic rings. The van der Waals surface area contributed by atoms with Crippen LogP contribution in [0.15, 0.2) is 48.5 Å². The molecule has 2 amide bonds. The fourth-order valence-corrected chi connectivity index (χ4v) is 4.54. The maximum Gasteiger partial charge on any atom is 0.407 e. The lowest BCUT2D eigenvalue weighted by molar-refractivity contribution is -0.147. The number of carboxylic acids is 1. The van der Waals surface area contributed by atoms with Crippen molar-refractivity contribution in [3.05, 3.63) is 59.7 Å². The SMILES string of the molecule is COC(C)C(NC(=O)[C@@H]1OCC[C@@H]1NC(=O)OCC1c2ccccc2-c2ccccc21)C(=O)O. The van der Waals surface area contributed by atoms with Crippen LogP contribution in [-0.2, 0) is 23.8 Å².